The number of aromatic nitrogens is 2. The van der Waals surface area contributed by atoms with E-state index in [2.05, 4.69) is 15.3 Å². The fraction of sp³-hybridized carbons (Fsp3) is 0.613. The van der Waals surface area contributed by atoms with Crippen molar-refractivity contribution in [3.05, 3.63) is 48.0 Å². The van der Waals surface area contributed by atoms with Crippen LogP contribution in [0.1, 0.15) is 85.2 Å². The highest BCUT2D eigenvalue weighted by molar-refractivity contribution is 5.70. The summed E-state index contributed by atoms with van der Waals surface area (Å²) in [5, 5.41) is 2.76. The molecular formula is C31H47N3O8. The van der Waals surface area contributed by atoms with Crippen molar-refractivity contribution in [2.24, 2.45) is 0 Å². The molecule has 0 spiro atoms. The number of amides is 1. The normalized spacial score (nSPS) is 13.1. The summed E-state index contributed by atoms with van der Waals surface area (Å²) in [5.74, 6) is 0.954. The Bertz CT molecular complexity index is 992. The van der Waals surface area contributed by atoms with Crippen molar-refractivity contribution < 1.29 is 38.0 Å². The summed E-state index contributed by atoms with van der Waals surface area (Å²) in [4.78, 5) is 32.7. The van der Waals surface area contributed by atoms with E-state index in [0.29, 0.717) is 56.8 Å². The Labute approximate surface area is 249 Å². The second-order valence-electron chi connectivity index (χ2n) is 11.8. The van der Waals surface area contributed by atoms with E-state index >= 15 is 0 Å². The third-order valence-electron chi connectivity index (χ3n) is 5.46. The molecule has 0 saturated carbocycles. The van der Waals surface area contributed by atoms with Crippen LogP contribution in [-0.2, 0) is 23.7 Å². The molecule has 2 rings (SSSR count). The molecule has 2 atom stereocenters. The van der Waals surface area contributed by atoms with Gasteiger partial charge in [-0.25, -0.2) is 4.79 Å². The number of carbonyl (C=O) groups excluding carboxylic acids is 2. The quantitative estimate of drug-likeness (QED) is 0.201. The van der Waals surface area contributed by atoms with Crippen molar-refractivity contribution in [3.8, 4) is 11.5 Å². The third-order valence-corrected chi connectivity index (χ3v) is 5.46. The number of ether oxygens (including phenoxy) is 6. The first-order chi connectivity index (χ1) is 19.7. The molecule has 0 aromatic carbocycles. The SMILES string of the molecule is C[C@H](CC(=O)OC(C)(C)C)c1ccc(OCCOCCOCCOc2ccc([C@H](C)NC(=O)OC(C)(C)C)nc2)cn1. The Balaban J connectivity index is 1.52. The zero-order chi connectivity index (χ0) is 31.2. The highest BCUT2D eigenvalue weighted by Crippen LogP contribution is 2.21. The number of esters is 1. The fourth-order valence-corrected chi connectivity index (χ4v) is 3.56. The first-order valence-electron chi connectivity index (χ1n) is 14.3. The summed E-state index contributed by atoms with van der Waals surface area (Å²) in [6.07, 6.45) is 3.04. The van der Waals surface area contributed by atoms with E-state index in [1.807, 2.05) is 67.5 Å². The number of nitrogens with one attached hydrogen (secondary N) is 1. The average Bonchev–Trinajstić information content (AvgIpc) is 2.88. The van der Waals surface area contributed by atoms with Crippen LogP contribution in [0.4, 0.5) is 4.79 Å². The standard InChI is InChI=1S/C31H47N3O8/c1-22(19-28(35)41-30(3,4)5)26-11-9-24(20-32-26)39-17-15-37-13-14-38-16-18-40-25-10-12-27(33-21-25)23(2)34-29(36)42-31(6,7)8/h9-12,20-23H,13-19H2,1-8H3,(H,34,36)/t22-,23+/m1/s1. The first-order valence-corrected chi connectivity index (χ1v) is 14.3. The van der Waals surface area contributed by atoms with Crippen LogP contribution >= 0.6 is 0 Å². The molecule has 1 amide bonds. The van der Waals surface area contributed by atoms with Gasteiger partial charge in [0, 0.05) is 11.6 Å². The van der Waals surface area contributed by atoms with Crippen LogP contribution in [0.2, 0.25) is 0 Å². The van der Waals surface area contributed by atoms with Gasteiger partial charge in [0.15, 0.2) is 0 Å². The molecule has 0 bridgehead atoms. The van der Waals surface area contributed by atoms with E-state index in [-0.39, 0.29) is 24.3 Å². The number of carbonyl (C=O) groups is 2. The number of rotatable bonds is 16. The Kier molecular flexibility index (Phi) is 14.0. The number of alkyl carbamates (subject to hydrolysis) is 1. The van der Waals surface area contributed by atoms with Crippen molar-refractivity contribution in [2.45, 2.75) is 85.0 Å². The zero-order valence-electron chi connectivity index (χ0n) is 26.2. The lowest BCUT2D eigenvalue weighted by atomic mass is 10.0. The molecule has 0 saturated heterocycles. The molecule has 42 heavy (non-hydrogen) atoms. The van der Waals surface area contributed by atoms with Crippen LogP contribution in [0.3, 0.4) is 0 Å². The minimum Gasteiger partial charge on any atom is -0.490 e. The Morgan fingerprint density at radius 1 is 0.714 bits per heavy atom. The third kappa shape index (κ3) is 15.0. The van der Waals surface area contributed by atoms with E-state index < -0.39 is 17.3 Å². The van der Waals surface area contributed by atoms with Crippen LogP contribution < -0.4 is 14.8 Å². The number of pyridine rings is 2. The zero-order valence-corrected chi connectivity index (χ0v) is 26.2. The van der Waals surface area contributed by atoms with Gasteiger partial charge in [-0.1, -0.05) is 6.92 Å². The highest BCUT2D eigenvalue weighted by atomic mass is 16.6. The van der Waals surface area contributed by atoms with Gasteiger partial charge in [0.2, 0.25) is 0 Å². The van der Waals surface area contributed by atoms with Gasteiger partial charge in [0.05, 0.1) is 57.0 Å². The topological polar surface area (TPSA) is 127 Å². The lowest BCUT2D eigenvalue weighted by Gasteiger charge is -2.21. The number of nitrogens with zero attached hydrogens (tertiary/aromatic N) is 2. The van der Waals surface area contributed by atoms with Crippen molar-refractivity contribution >= 4 is 12.1 Å². The maximum absolute atomic E-state index is 12.0. The summed E-state index contributed by atoms with van der Waals surface area (Å²) in [7, 11) is 0. The molecule has 11 nitrogen and oxygen atoms in total. The van der Waals surface area contributed by atoms with Gasteiger partial charge < -0.3 is 33.7 Å². The van der Waals surface area contributed by atoms with Crippen LogP contribution in [0.15, 0.2) is 36.7 Å². The van der Waals surface area contributed by atoms with Crippen LogP contribution in [0, 0.1) is 0 Å². The summed E-state index contributed by atoms with van der Waals surface area (Å²) in [6.45, 7) is 17.2. The molecule has 234 valence electrons. The van der Waals surface area contributed by atoms with E-state index in [1.54, 1.807) is 24.5 Å². The van der Waals surface area contributed by atoms with Gasteiger partial charge in [-0.2, -0.15) is 0 Å². The lowest BCUT2D eigenvalue weighted by Crippen LogP contribution is -2.34. The van der Waals surface area contributed by atoms with Crippen molar-refractivity contribution in [1.29, 1.82) is 0 Å². The van der Waals surface area contributed by atoms with E-state index in [1.165, 1.54) is 0 Å². The van der Waals surface area contributed by atoms with Crippen LogP contribution in [0.5, 0.6) is 11.5 Å². The minimum atomic E-state index is -0.559. The molecular weight excluding hydrogens is 542 g/mol. The van der Waals surface area contributed by atoms with Gasteiger partial charge in [-0.15, -0.1) is 0 Å². The van der Waals surface area contributed by atoms with Crippen molar-refractivity contribution in [1.82, 2.24) is 15.3 Å². The summed E-state index contributed by atoms with van der Waals surface area (Å²) in [6, 6.07) is 6.99. The van der Waals surface area contributed by atoms with Gasteiger partial charge in [-0.3, -0.25) is 14.8 Å². The Hall–Kier alpha value is -3.44. The summed E-state index contributed by atoms with van der Waals surface area (Å²) < 4.78 is 33.1. The van der Waals surface area contributed by atoms with Crippen LogP contribution in [0.25, 0.3) is 0 Å². The Morgan fingerprint density at radius 3 is 1.64 bits per heavy atom. The van der Waals surface area contributed by atoms with Crippen molar-refractivity contribution in [2.75, 3.05) is 39.6 Å². The highest BCUT2D eigenvalue weighted by Gasteiger charge is 2.20. The predicted octanol–water partition coefficient (Wildman–Crippen LogP) is 5.39. The second-order valence-corrected chi connectivity index (χ2v) is 11.8. The lowest BCUT2D eigenvalue weighted by molar-refractivity contribution is -0.155. The monoisotopic (exact) mass is 589 g/mol. The number of hydrogen-bond donors (Lipinski definition) is 1. The van der Waals surface area contributed by atoms with Gasteiger partial charge in [0.1, 0.15) is 35.9 Å². The van der Waals surface area contributed by atoms with Crippen molar-refractivity contribution in [3.63, 3.8) is 0 Å². The molecule has 0 aliphatic rings. The average molecular weight is 590 g/mol. The van der Waals surface area contributed by atoms with Gasteiger partial charge in [0.25, 0.3) is 0 Å². The second kappa shape index (κ2) is 16.9. The Morgan fingerprint density at radius 2 is 1.19 bits per heavy atom. The molecule has 2 aromatic rings. The molecule has 0 fully saturated rings. The fourth-order valence-electron chi connectivity index (χ4n) is 3.56. The maximum Gasteiger partial charge on any atom is 0.408 e. The molecule has 0 aliphatic carbocycles. The van der Waals surface area contributed by atoms with E-state index in [9.17, 15) is 9.59 Å². The largest absolute Gasteiger partial charge is 0.490 e. The molecule has 0 unspecified atom stereocenters. The predicted molar refractivity (Wildman–Crippen MR) is 158 cm³/mol. The van der Waals surface area contributed by atoms with Gasteiger partial charge >= 0.3 is 12.1 Å². The molecule has 1 N–H and O–H groups in total. The molecule has 0 radical (unpaired) electrons. The van der Waals surface area contributed by atoms with Gasteiger partial charge in [-0.05, 0) is 72.7 Å². The molecule has 2 aromatic heterocycles. The van der Waals surface area contributed by atoms with Crippen LogP contribution in [-0.4, -0.2) is 72.9 Å². The number of hydrogen-bond acceptors (Lipinski definition) is 10. The molecule has 0 aliphatic heterocycles. The smallest absolute Gasteiger partial charge is 0.408 e. The van der Waals surface area contributed by atoms with E-state index in [0.717, 1.165) is 5.69 Å². The molecule has 2 heterocycles. The summed E-state index contributed by atoms with van der Waals surface area (Å²) >= 11 is 0. The summed E-state index contributed by atoms with van der Waals surface area (Å²) in [5.41, 5.74) is 0.447. The minimum absolute atomic E-state index is 0.0523. The maximum atomic E-state index is 12.0. The first kappa shape index (κ1) is 34.8. The molecule has 11 heteroatoms. The van der Waals surface area contributed by atoms with E-state index in [4.69, 9.17) is 28.4 Å².